The van der Waals surface area contributed by atoms with Gasteiger partial charge < -0.3 is 5.11 Å². The molecule has 2 aromatic rings. The number of carboxylic acid groups (broad SMARTS) is 1. The summed E-state index contributed by atoms with van der Waals surface area (Å²) in [5, 5.41) is 9.09. The number of carbonyl (C=O) groups is 1. The molecule has 0 saturated carbocycles. The largest absolute Gasteiger partial charge is 0.478 e. The highest BCUT2D eigenvalue weighted by Gasteiger charge is 2.09. The van der Waals surface area contributed by atoms with Gasteiger partial charge in [-0.25, -0.2) is 4.79 Å². The van der Waals surface area contributed by atoms with Gasteiger partial charge in [0.25, 0.3) is 0 Å². The maximum atomic E-state index is 11.1. The van der Waals surface area contributed by atoms with Gasteiger partial charge >= 0.3 is 5.97 Å². The summed E-state index contributed by atoms with van der Waals surface area (Å²) in [6, 6.07) is 15.4. The van der Waals surface area contributed by atoms with E-state index in [1.807, 2.05) is 18.2 Å². The summed E-state index contributed by atoms with van der Waals surface area (Å²) in [7, 11) is 0. The topological polar surface area (TPSA) is 37.3 Å². The predicted molar refractivity (Wildman–Crippen MR) is 74.1 cm³/mol. The van der Waals surface area contributed by atoms with Gasteiger partial charge in [0.1, 0.15) is 0 Å². The van der Waals surface area contributed by atoms with Gasteiger partial charge in [0, 0.05) is 10.6 Å². The van der Waals surface area contributed by atoms with E-state index in [9.17, 15) is 4.79 Å². The second-order valence-corrected chi connectivity index (χ2v) is 5.10. The van der Waals surface area contributed by atoms with Crippen molar-refractivity contribution in [1.82, 2.24) is 0 Å². The van der Waals surface area contributed by atoms with Gasteiger partial charge in [-0.3, -0.25) is 0 Å². The number of hydrogen-bond donors (Lipinski definition) is 1. The lowest BCUT2D eigenvalue weighted by molar-refractivity contribution is 0.0693. The Hall–Kier alpha value is -1.74. The van der Waals surface area contributed by atoms with Crippen molar-refractivity contribution >= 4 is 17.7 Å². The van der Waals surface area contributed by atoms with E-state index in [0.717, 1.165) is 10.6 Å². The van der Waals surface area contributed by atoms with Crippen LogP contribution in [-0.2, 0) is 5.75 Å². The molecule has 0 amide bonds. The van der Waals surface area contributed by atoms with Crippen LogP contribution in [-0.4, -0.2) is 11.1 Å². The molecule has 18 heavy (non-hydrogen) atoms. The fourth-order valence-corrected chi connectivity index (χ4v) is 2.72. The van der Waals surface area contributed by atoms with Crippen LogP contribution in [0.1, 0.15) is 21.5 Å². The van der Waals surface area contributed by atoms with Crippen LogP contribution < -0.4 is 0 Å². The van der Waals surface area contributed by atoms with E-state index in [2.05, 4.69) is 25.1 Å². The molecule has 0 atom stereocenters. The molecule has 0 spiro atoms. The molecule has 2 rings (SSSR count). The van der Waals surface area contributed by atoms with Crippen LogP contribution in [0.4, 0.5) is 0 Å². The quantitative estimate of drug-likeness (QED) is 0.843. The molecule has 0 aliphatic rings. The van der Waals surface area contributed by atoms with E-state index in [1.54, 1.807) is 23.9 Å². The molecular weight excluding hydrogens is 244 g/mol. The molecule has 3 heteroatoms. The summed E-state index contributed by atoms with van der Waals surface area (Å²) >= 11 is 1.56. The second kappa shape index (κ2) is 5.74. The minimum Gasteiger partial charge on any atom is -0.478 e. The molecule has 0 saturated heterocycles. The number of aryl methyl sites for hydroxylation is 1. The third-order valence-electron chi connectivity index (χ3n) is 2.59. The van der Waals surface area contributed by atoms with E-state index in [0.29, 0.717) is 5.56 Å². The van der Waals surface area contributed by atoms with Gasteiger partial charge in [-0.15, -0.1) is 11.8 Å². The van der Waals surface area contributed by atoms with Crippen molar-refractivity contribution in [3.8, 4) is 0 Å². The molecular formula is C15H14O2S. The van der Waals surface area contributed by atoms with Crippen LogP contribution in [0.25, 0.3) is 0 Å². The SMILES string of the molecule is Cc1cccc(CSc2ccccc2C(=O)O)c1. The second-order valence-electron chi connectivity index (χ2n) is 4.08. The van der Waals surface area contributed by atoms with Gasteiger partial charge in [0.2, 0.25) is 0 Å². The molecule has 0 fully saturated rings. The first-order valence-electron chi connectivity index (χ1n) is 5.67. The Labute approximate surface area is 111 Å². The van der Waals surface area contributed by atoms with E-state index >= 15 is 0 Å². The third kappa shape index (κ3) is 3.14. The Morgan fingerprint density at radius 2 is 1.94 bits per heavy atom. The molecule has 92 valence electrons. The van der Waals surface area contributed by atoms with Crippen molar-refractivity contribution in [3.63, 3.8) is 0 Å². The Morgan fingerprint density at radius 1 is 1.17 bits per heavy atom. The lowest BCUT2D eigenvalue weighted by Crippen LogP contribution is -1.98. The molecule has 0 aromatic heterocycles. The lowest BCUT2D eigenvalue weighted by atomic mass is 10.2. The van der Waals surface area contributed by atoms with Crippen molar-refractivity contribution in [2.24, 2.45) is 0 Å². The van der Waals surface area contributed by atoms with Gasteiger partial charge in [-0.2, -0.15) is 0 Å². The average Bonchev–Trinajstić information content (AvgIpc) is 2.37. The zero-order valence-electron chi connectivity index (χ0n) is 10.1. The van der Waals surface area contributed by atoms with Crippen molar-refractivity contribution in [2.45, 2.75) is 17.6 Å². The van der Waals surface area contributed by atoms with Gasteiger partial charge in [0.05, 0.1) is 5.56 Å². The van der Waals surface area contributed by atoms with Gasteiger partial charge in [0.15, 0.2) is 0 Å². The number of benzene rings is 2. The first-order chi connectivity index (χ1) is 8.66. The number of thioether (sulfide) groups is 1. The van der Waals surface area contributed by atoms with Crippen molar-refractivity contribution in [3.05, 3.63) is 65.2 Å². The maximum absolute atomic E-state index is 11.1. The summed E-state index contributed by atoms with van der Waals surface area (Å²) in [6.45, 7) is 2.05. The van der Waals surface area contributed by atoms with Crippen LogP contribution in [0, 0.1) is 6.92 Å². The minimum absolute atomic E-state index is 0.371. The number of aromatic carboxylic acids is 1. The van der Waals surface area contributed by atoms with Gasteiger partial charge in [-0.05, 0) is 24.6 Å². The number of carboxylic acids is 1. The van der Waals surface area contributed by atoms with Crippen molar-refractivity contribution in [1.29, 1.82) is 0 Å². The predicted octanol–water partition coefficient (Wildman–Crippen LogP) is 3.99. The standard InChI is InChI=1S/C15H14O2S/c1-11-5-4-6-12(9-11)10-18-14-8-3-2-7-13(14)15(16)17/h2-9H,10H2,1H3,(H,16,17). The van der Waals surface area contributed by atoms with Crippen LogP contribution in [0.2, 0.25) is 0 Å². The maximum Gasteiger partial charge on any atom is 0.336 e. The third-order valence-corrected chi connectivity index (χ3v) is 3.74. The normalized spacial score (nSPS) is 10.3. The minimum atomic E-state index is -0.873. The highest BCUT2D eigenvalue weighted by molar-refractivity contribution is 7.98. The summed E-state index contributed by atoms with van der Waals surface area (Å²) in [5.74, 6) is -0.0891. The molecule has 0 aliphatic heterocycles. The zero-order valence-corrected chi connectivity index (χ0v) is 10.9. The fourth-order valence-electron chi connectivity index (χ4n) is 1.73. The van der Waals surface area contributed by atoms with E-state index in [1.165, 1.54) is 11.1 Å². The van der Waals surface area contributed by atoms with Crippen LogP contribution >= 0.6 is 11.8 Å². The molecule has 2 aromatic carbocycles. The zero-order chi connectivity index (χ0) is 13.0. The molecule has 0 heterocycles. The average molecular weight is 258 g/mol. The van der Waals surface area contributed by atoms with E-state index in [4.69, 9.17) is 5.11 Å². The number of rotatable bonds is 4. The highest BCUT2D eigenvalue weighted by Crippen LogP contribution is 2.26. The fraction of sp³-hybridized carbons (Fsp3) is 0.133. The number of hydrogen-bond acceptors (Lipinski definition) is 2. The summed E-state index contributed by atoms with van der Waals surface area (Å²) < 4.78 is 0. The molecule has 2 nitrogen and oxygen atoms in total. The van der Waals surface area contributed by atoms with Crippen LogP contribution in [0.15, 0.2) is 53.4 Å². The molecule has 0 bridgehead atoms. The lowest BCUT2D eigenvalue weighted by Gasteiger charge is -2.06. The Kier molecular flexibility index (Phi) is 4.05. The Bertz CT molecular complexity index is 564. The molecule has 0 radical (unpaired) electrons. The smallest absolute Gasteiger partial charge is 0.336 e. The highest BCUT2D eigenvalue weighted by atomic mass is 32.2. The van der Waals surface area contributed by atoms with Crippen molar-refractivity contribution in [2.75, 3.05) is 0 Å². The van der Waals surface area contributed by atoms with E-state index < -0.39 is 5.97 Å². The Morgan fingerprint density at radius 3 is 2.67 bits per heavy atom. The van der Waals surface area contributed by atoms with E-state index in [-0.39, 0.29) is 0 Å². The van der Waals surface area contributed by atoms with Crippen LogP contribution in [0.3, 0.4) is 0 Å². The van der Waals surface area contributed by atoms with Crippen LogP contribution in [0.5, 0.6) is 0 Å². The van der Waals surface area contributed by atoms with Crippen molar-refractivity contribution < 1.29 is 9.90 Å². The summed E-state index contributed by atoms with van der Waals surface area (Å²) in [4.78, 5) is 11.9. The first kappa shape index (κ1) is 12.7. The monoisotopic (exact) mass is 258 g/mol. The molecule has 0 unspecified atom stereocenters. The first-order valence-corrected chi connectivity index (χ1v) is 6.66. The molecule has 1 N–H and O–H groups in total. The summed E-state index contributed by atoms with van der Waals surface area (Å²) in [5.41, 5.74) is 2.80. The Balaban J connectivity index is 2.13. The molecule has 0 aliphatic carbocycles. The summed E-state index contributed by atoms with van der Waals surface area (Å²) in [6.07, 6.45) is 0. The van der Waals surface area contributed by atoms with Gasteiger partial charge in [-0.1, -0.05) is 42.0 Å².